The smallest absolute Gasteiger partial charge is 0.287 e. The molecule has 1 heterocycles. The molecule has 3 N–H and O–H groups in total. The molecule has 0 aromatic carbocycles. The van der Waals surface area contributed by atoms with E-state index in [9.17, 15) is 4.79 Å². The van der Waals surface area contributed by atoms with Gasteiger partial charge in [0.1, 0.15) is 0 Å². The maximum absolute atomic E-state index is 11.9. The molecule has 1 fully saturated rings. The van der Waals surface area contributed by atoms with Gasteiger partial charge in [0.05, 0.1) is 6.26 Å². The second-order valence-corrected chi connectivity index (χ2v) is 4.69. The van der Waals surface area contributed by atoms with Gasteiger partial charge in [-0.05, 0) is 30.9 Å². The highest BCUT2D eigenvalue weighted by Crippen LogP contribution is 2.26. The lowest BCUT2D eigenvalue weighted by Crippen LogP contribution is -2.45. The van der Waals surface area contributed by atoms with Crippen LogP contribution in [0.25, 0.3) is 0 Å². The Morgan fingerprint density at radius 1 is 1.47 bits per heavy atom. The standard InChI is InChI=1S/C13H20N2O2/c14-9-11(10-5-2-1-3-6-10)15-13(16)12-7-4-8-17-12/h4,7-8,10-11H,1-3,5-6,9,14H2,(H,15,16). The van der Waals surface area contributed by atoms with Gasteiger partial charge in [-0.2, -0.15) is 0 Å². The molecule has 4 nitrogen and oxygen atoms in total. The summed E-state index contributed by atoms with van der Waals surface area (Å²) in [6.45, 7) is 0.497. The minimum atomic E-state index is -0.156. The zero-order valence-electron chi connectivity index (χ0n) is 10.0. The summed E-state index contributed by atoms with van der Waals surface area (Å²) in [5.41, 5.74) is 5.76. The lowest BCUT2D eigenvalue weighted by Gasteiger charge is -2.29. The van der Waals surface area contributed by atoms with Crippen molar-refractivity contribution in [2.75, 3.05) is 6.54 Å². The van der Waals surface area contributed by atoms with E-state index in [0.717, 1.165) is 0 Å². The van der Waals surface area contributed by atoms with E-state index >= 15 is 0 Å². The van der Waals surface area contributed by atoms with Crippen LogP contribution in [0.1, 0.15) is 42.7 Å². The number of hydrogen-bond acceptors (Lipinski definition) is 3. The molecule has 94 valence electrons. The monoisotopic (exact) mass is 236 g/mol. The van der Waals surface area contributed by atoms with Crippen molar-refractivity contribution < 1.29 is 9.21 Å². The van der Waals surface area contributed by atoms with Crippen LogP contribution in [0.4, 0.5) is 0 Å². The molecule has 1 aliphatic carbocycles. The Hall–Kier alpha value is -1.29. The van der Waals surface area contributed by atoms with Crippen LogP contribution in [0.15, 0.2) is 22.8 Å². The molecule has 4 heteroatoms. The molecule has 0 aliphatic heterocycles. The molecule has 1 aromatic heterocycles. The van der Waals surface area contributed by atoms with E-state index in [-0.39, 0.29) is 11.9 Å². The van der Waals surface area contributed by atoms with Gasteiger partial charge in [0, 0.05) is 12.6 Å². The average molecular weight is 236 g/mol. The fourth-order valence-corrected chi connectivity index (χ4v) is 2.55. The summed E-state index contributed by atoms with van der Waals surface area (Å²) in [5, 5.41) is 2.98. The number of nitrogens with one attached hydrogen (secondary N) is 1. The summed E-state index contributed by atoms with van der Waals surface area (Å²) in [6, 6.07) is 3.46. The fourth-order valence-electron chi connectivity index (χ4n) is 2.55. The first-order chi connectivity index (χ1) is 8.31. The van der Waals surface area contributed by atoms with Crippen molar-refractivity contribution in [3.05, 3.63) is 24.2 Å². The van der Waals surface area contributed by atoms with Crippen LogP contribution in [0.5, 0.6) is 0 Å². The highest BCUT2D eigenvalue weighted by molar-refractivity contribution is 5.91. The molecule has 1 aromatic rings. The van der Waals surface area contributed by atoms with Crippen LogP contribution in [-0.4, -0.2) is 18.5 Å². The molecule has 1 aliphatic rings. The highest BCUT2D eigenvalue weighted by Gasteiger charge is 2.24. The van der Waals surface area contributed by atoms with Crippen molar-refractivity contribution in [1.29, 1.82) is 0 Å². The maximum atomic E-state index is 11.9. The average Bonchev–Trinajstić information content (AvgIpc) is 2.90. The lowest BCUT2D eigenvalue weighted by molar-refractivity contribution is 0.0887. The molecule has 1 amide bonds. The number of carbonyl (C=O) groups is 1. The van der Waals surface area contributed by atoms with Gasteiger partial charge in [-0.3, -0.25) is 4.79 Å². The molecule has 2 rings (SSSR count). The van der Waals surface area contributed by atoms with E-state index in [1.807, 2.05) is 0 Å². The van der Waals surface area contributed by atoms with E-state index in [0.29, 0.717) is 18.2 Å². The Morgan fingerprint density at radius 3 is 2.82 bits per heavy atom. The molecule has 1 unspecified atom stereocenters. The minimum Gasteiger partial charge on any atom is -0.459 e. The van der Waals surface area contributed by atoms with Crippen molar-refractivity contribution in [3.63, 3.8) is 0 Å². The quantitative estimate of drug-likeness (QED) is 0.839. The SMILES string of the molecule is NCC(NC(=O)c1ccco1)C1CCCCC1. The molecule has 17 heavy (non-hydrogen) atoms. The Morgan fingerprint density at radius 2 is 2.24 bits per heavy atom. The van der Waals surface area contributed by atoms with E-state index in [4.69, 9.17) is 10.2 Å². The Labute approximate surface area is 102 Å². The van der Waals surface area contributed by atoms with E-state index in [1.165, 1.54) is 38.4 Å². The van der Waals surface area contributed by atoms with Crippen molar-refractivity contribution in [3.8, 4) is 0 Å². The summed E-state index contributed by atoms with van der Waals surface area (Å²) in [7, 11) is 0. The summed E-state index contributed by atoms with van der Waals surface area (Å²) in [5.74, 6) is 0.725. The Balaban J connectivity index is 1.92. The van der Waals surface area contributed by atoms with Crippen LogP contribution in [0.2, 0.25) is 0 Å². The minimum absolute atomic E-state index is 0.0768. The normalized spacial score (nSPS) is 18.9. The molecular formula is C13H20N2O2. The van der Waals surface area contributed by atoms with Crippen LogP contribution >= 0.6 is 0 Å². The molecule has 0 spiro atoms. The van der Waals surface area contributed by atoms with Crippen LogP contribution in [-0.2, 0) is 0 Å². The van der Waals surface area contributed by atoms with Gasteiger partial charge >= 0.3 is 0 Å². The molecule has 0 radical (unpaired) electrons. The predicted molar refractivity (Wildman–Crippen MR) is 65.6 cm³/mol. The summed E-state index contributed by atoms with van der Waals surface area (Å²) < 4.78 is 5.08. The number of nitrogens with two attached hydrogens (primary N) is 1. The van der Waals surface area contributed by atoms with Crippen molar-refractivity contribution >= 4 is 5.91 Å². The maximum Gasteiger partial charge on any atom is 0.287 e. The Bertz CT molecular complexity index is 342. The topological polar surface area (TPSA) is 68.3 Å². The Kier molecular flexibility index (Phi) is 4.20. The molecule has 0 saturated heterocycles. The second kappa shape index (κ2) is 5.87. The van der Waals surface area contributed by atoms with Gasteiger partial charge in [0.25, 0.3) is 5.91 Å². The van der Waals surface area contributed by atoms with Gasteiger partial charge in [-0.25, -0.2) is 0 Å². The van der Waals surface area contributed by atoms with Gasteiger partial charge < -0.3 is 15.5 Å². The molecule has 1 atom stereocenters. The van der Waals surface area contributed by atoms with E-state index < -0.39 is 0 Å². The summed E-state index contributed by atoms with van der Waals surface area (Å²) in [6.07, 6.45) is 7.64. The van der Waals surface area contributed by atoms with E-state index in [2.05, 4.69) is 5.32 Å². The first-order valence-corrected chi connectivity index (χ1v) is 6.35. The van der Waals surface area contributed by atoms with Crippen LogP contribution in [0, 0.1) is 5.92 Å². The van der Waals surface area contributed by atoms with E-state index in [1.54, 1.807) is 12.1 Å². The predicted octanol–water partition coefficient (Wildman–Crippen LogP) is 1.92. The third kappa shape index (κ3) is 3.09. The lowest BCUT2D eigenvalue weighted by atomic mass is 9.84. The first kappa shape index (κ1) is 12.2. The van der Waals surface area contributed by atoms with Gasteiger partial charge in [0.2, 0.25) is 0 Å². The van der Waals surface area contributed by atoms with Gasteiger partial charge in [0.15, 0.2) is 5.76 Å². The van der Waals surface area contributed by atoms with Crippen molar-refractivity contribution in [1.82, 2.24) is 5.32 Å². The summed E-state index contributed by atoms with van der Waals surface area (Å²) >= 11 is 0. The molecular weight excluding hydrogens is 216 g/mol. The highest BCUT2D eigenvalue weighted by atomic mass is 16.3. The molecule has 0 bridgehead atoms. The number of hydrogen-bond donors (Lipinski definition) is 2. The van der Waals surface area contributed by atoms with Gasteiger partial charge in [-0.1, -0.05) is 19.3 Å². The number of carbonyl (C=O) groups excluding carboxylic acids is 1. The third-order valence-electron chi connectivity index (χ3n) is 3.53. The van der Waals surface area contributed by atoms with Crippen molar-refractivity contribution in [2.45, 2.75) is 38.1 Å². The van der Waals surface area contributed by atoms with Crippen LogP contribution in [0.3, 0.4) is 0 Å². The zero-order valence-corrected chi connectivity index (χ0v) is 10.0. The zero-order chi connectivity index (χ0) is 12.1. The number of furan rings is 1. The third-order valence-corrected chi connectivity index (χ3v) is 3.53. The first-order valence-electron chi connectivity index (χ1n) is 6.35. The largest absolute Gasteiger partial charge is 0.459 e. The second-order valence-electron chi connectivity index (χ2n) is 4.69. The van der Waals surface area contributed by atoms with Gasteiger partial charge in [-0.15, -0.1) is 0 Å². The van der Waals surface area contributed by atoms with Crippen molar-refractivity contribution in [2.24, 2.45) is 11.7 Å². The number of rotatable bonds is 4. The number of amides is 1. The molecule has 1 saturated carbocycles. The fraction of sp³-hybridized carbons (Fsp3) is 0.615. The summed E-state index contributed by atoms with van der Waals surface area (Å²) in [4.78, 5) is 11.9. The van der Waals surface area contributed by atoms with Crippen LogP contribution < -0.4 is 11.1 Å².